The molecule has 1 N–H and O–H groups in total. The highest BCUT2D eigenvalue weighted by molar-refractivity contribution is 7.11. The number of esters is 1. The normalized spacial score (nSPS) is 12.3. The van der Waals surface area contributed by atoms with Crippen molar-refractivity contribution in [3.8, 4) is 5.75 Å². The summed E-state index contributed by atoms with van der Waals surface area (Å²) >= 11 is 1.27. The second-order valence-corrected chi connectivity index (χ2v) is 7.19. The van der Waals surface area contributed by atoms with Crippen LogP contribution in [0.2, 0.25) is 0 Å². The smallest absolute Gasteiger partial charge is 0.349 e. The molecule has 1 heterocycles. The molecule has 0 radical (unpaired) electrons. The van der Waals surface area contributed by atoms with Crippen molar-refractivity contribution in [1.29, 1.82) is 0 Å². The van der Waals surface area contributed by atoms with E-state index in [1.165, 1.54) is 18.4 Å². The molecule has 1 amide bonds. The molecule has 0 aliphatic heterocycles. The summed E-state index contributed by atoms with van der Waals surface area (Å²) in [5.41, 5.74) is 0.0545. The van der Waals surface area contributed by atoms with Crippen LogP contribution in [0.1, 0.15) is 42.1 Å². The number of hydrogen-bond donors (Lipinski definition) is 1. The van der Waals surface area contributed by atoms with E-state index in [1.54, 1.807) is 41.8 Å². The average Bonchev–Trinajstić information content (AvgIpc) is 3.05. The van der Waals surface area contributed by atoms with E-state index < -0.39 is 23.5 Å². The van der Waals surface area contributed by atoms with Crippen molar-refractivity contribution in [3.63, 3.8) is 0 Å². The molecule has 0 fully saturated rings. The number of nitrogens with one attached hydrogen (secondary N) is 1. The summed E-state index contributed by atoms with van der Waals surface area (Å²) in [6.07, 6.45) is -1.09. The van der Waals surface area contributed by atoms with Crippen LogP contribution in [0.3, 0.4) is 0 Å². The number of benzene rings is 1. The molecule has 0 spiro atoms. The highest BCUT2D eigenvalue weighted by Gasteiger charge is 2.30. The van der Waals surface area contributed by atoms with Gasteiger partial charge >= 0.3 is 5.97 Å². The first-order valence-electron chi connectivity index (χ1n) is 7.51. The first-order chi connectivity index (χ1) is 11.3. The zero-order chi connectivity index (χ0) is 17.7. The van der Waals surface area contributed by atoms with Gasteiger partial charge in [0, 0.05) is 11.1 Å². The number of hydrogen-bond acceptors (Lipinski definition) is 5. The Labute approximate surface area is 145 Å². The van der Waals surface area contributed by atoms with Gasteiger partial charge in [0.25, 0.3) is 5.91 Å². The Morgan fingerprint density at radius 1 is 1.12 bits per heavy atom. The molecule has 0 bridgehead atoms. The average molecular weight is 347 g/mol. The van der Waals surface area contributed by atoms with E-state index in [4.69, 9.17) is 9.47 Å². The number of methoxy groups -OCH3 is 1. The second kappa shape index (κ2) is 7.49. The highest BCUT2D eigenvalue weighted by Crippen LogP contribution is 2.29. The standard InChI is InChI=1S/C18H21NO4S/c1-18(2,3)19-16(20)15(12-8-5-6-9-13(12)22-4)23-17(21)14-10-7-11-24-14/h5-11,15H,1-4H3,(H,19,20)/t15-/m0/s1. The maximum Gasteiger partial charge on any atom is 0.349 e. The minimum Gasteiger partial charge on any atom is -0.496 e. The number of rotatable bonds is 5. The molecule has 1 aromatic heterocycles. The zero-order valence-electron chi connectivity index (χ0n) is 14.2. The number of ether oxygens (including phenoxy) is 2. The predicted octanol–water partition coefficient (Wildman–Crippen LogP) is 3.57. The summed E-state index contributed by atoms with van der Waals surface area (Å²) in [6, 6.07) is 10.4. The SMILES string of the molecule is COc1ccccc1[C@H](OC(=O)c1cccs1)C(=O)NC(C)(C)C. The Bertz CT molecular complexity index is 704. The molecule has 6 heteroatoms. The Morgan fingerprint density at radius 3 is 2.42 bits per heavy atom. The lowest BCUT2D eigenvalue weighted by Crippen LogP contribution is -2.44. The maximum atomic E-state index is 12.7. The van der Waals surface area contributed by atoms with E-state index in [2.05, 4.69) is 5.32 Å². The van der Waals surface area contributed by atoms with Gasteiger partial charge in [0.2, 0.25) is 6.10 Å². The van der Waals surface area contributed by atoms with Crippen molar-refractivity contribution in [3.05, 3.63) is 52.2 Å². The van der Waals surface area contributed by atoms with Gasteiger partial charge in [-0.15, -0.1) is 11.3 Å². The van der Waals surface area contributed by atoms with E-state index in [0.717, 1.165) is 0 Å². The molecule has 0 aliphatic carbocycles. The second-order valence-electron chi connectivity index (χ2n) is 6.24. The van der Waals surface area contributed by atoms with Gasteiger partial charge in [-0.3, -0.25) is 4.79 Å². The van der Waals surface area contributed by atoms with Gasteiger partial charge in [-0.25, -0.2) is 4.79 Å². The Morgan fingerprint density at radius 2 is 1.83 bits per heavy atom. The fraction of sp³-hybridized carbons (Fsp3) is 0.333. The molecule has 128 valence electrons. The third-order valence-corrected chi connectivity index (χ3v) is 3.95. The lowest BCUT2D eigenvalue weighted by Gasteiger charge is -2.25. The van der Waals surface area contributed by atoms with E-state index in [9.17, 15) is 9.59 Å². The van der Waals surface area contributed by atoms with Gasteiger partial charge in [0.1, 0.15) is 10.6 Å². The maximum absolute atomic E-state index is 12.7. The summed E-state index contributed by atoms with van der Waals surface area (Å²) in [6.45, 7) is 5.60. The van der Waals surface area contributed by atoms with Gasteiger partial charge in [0.15, 0.2) is 0 Å². The van der Waals surface area contributed by atoms with Crippen LogP contribution < -0.4 is 10.1 Å². The van der Waals surface area contributed by atoms with Crippen molar-refractivity contribution >= 4 is 23.2 Å². The van der Waals surface area contributed by atoms with Crippen molar-refractivity contribution < 1.29 is 19.1 Å². The lowest BCUT2D eigenvalue weighted by atomic mass is 10.0. The Hall–Kier alpha value is -2.34. The van der Waals surface area contributed by atoms with E-state index in [1.807, 2.05) is 20.8 Å². The van der Waals surface area contributed by atoms with Gasteiger partial charge in [0.05, 0.1) is 7.11 Å². The molecular weight excluding hydrogens is 326 g/mol. The monoisotopic (exact) mass is 347 g/mol. The third kappa shape index (κ3) is 4.58. The van der Waals surface area contributed by atoms with Crippen LogP contribution in [0.4, 0.5) is 0 Å². The van der Waals surface area contributed by atoms with Crippen molar-refractivity contribution in [2.24, 2.45) is 0 Å². The highest BCUT2D eigenvalue weighted by atomic mass is 32.1. The summed E-state index contributed by atoms with van der Waals surface area (Å²) in [4.78, 5) is 25.5. The molecule has 0 aliphatic rings. The molecule has 5 nitrogen and oxygen atoms in total. The molecule has 2 aromatic rings. The fourth-order valence-corrected chi connectivity index (χ4v) is 2.74. The van der Waals surface area contributed by atoms with Gasteiger partial charge in [-0.1, -0.05) is 24.3 Å². The number of amides is 1. The van der Waals surface area contributed by atoms with Crippen LogP contribution in [-0.4, -0.2) is 24.5 Å². The van der Waals surface area contributed by atoms with Gasteiger partial charge in [-0.05, 0) is 38.3 Å². The molecule has 0 saturated heterocycles. The summed E-state index contributed by atoms with van der Waals surface area (Å²) in [5, 5.41) is 4.63. The van der Waals surface area contributed by atoms with Crippen LogP contribution in [0.15, 0.2) is 41.8 Å². The van der Waals surface area contributed by atoms with E-state index in [-0.39, 0.29) is 0 Å². The van der Waals surface area contributed by atoms with Gasteiger partial charge < -0.3 is 14.8 Å². The first kappa shape index (κ1) is 18.0. The van der Waals surface area contributed by atoms with Crippen LogP contribution in [0.5, 0.6) is 5.75 Å². The molecule has 0 saturated carbocycles. The van der Waals surface area contributed by atoms with Crippen molar-refractivity contribution in [1.82, 2.24) is 5.32 Å². The van der Waals surface area contributed by atoms with E-state index in [0.29, 0.717) is 16.2 Å². The number of thiophene rings is 1. The number of carbonyl (C=O) groups is 2. The Kier molecular flexibility index (Phi) is 5.62. The fourth-order valence-electron chi connectivity index (χ4n) is 2.14. The molecule has 1 aromatic carbocycles. The van der Waals surface area contributed by atoms with Crippen molar-refractivity contribution in [2.75, 3.05) is 7.11 Å². The minimum absolute atomic E-state index is 0.392. The molecule has 24 heavy (non-hydrogen) atoms. The lowest BCUT2D eigenvalue weighted by molar-refractivity contribution is -0.131. The van der Waals surface area contributed by atoms with E-state index >= 15 is 0 Å². The molecule has 2 rings (SSSR count). The number of carbonyl (C=O) groups excluding carboxylic acids is 2. The molecule has 0 unspecified atom stereocenters. The predicted molar refractivity (Wildman–Crippen MR) is 93.4 cm³/mol. The van der Waals surface area contributed by atoms with Crippen molar-refractivity contribution in [2.45, 2.75) is 32.4 Å². The van der Waals surface area contributed by atoms with Crippen LogP contribution in [0.25, 0.3) is 0 Å². The zero-order valence-corrected chi connectivity index (χ0v) is 15.0. The number of para-hydroxylation sites is 1. The molecule has 1 atom stereocenters. The van der Waals surface area contributed by atoms with Gasteiger partial charge in [-0.2, -0.15) is 0 Å². The van der Waals surface area contributed by atoms with Crippen LogP contribution >= 0.6 is 11.3 Å². The topological polar surface area (TPSA) is 64.6 Å². The summed E-state index contributed by atoms with van der Waals surface area (Å²) in [7, 11) is 1.51. The largest absolute Gasteiger partial charge is 0.496 e. The first-order valence-corrected chi connectivity index (χ1v) is 8.39. The van der Waals surface area contributed by atoms with Crippen LogP contribution in [0, 0.1) is 0 Å². The quantitative estimate of drug-likeness (QED) is 0.840. The Balaban J connectivity index is 2.34. The van der Waals surface area contributed by atoms with Crippen LogP contribution in [-0.2, 0) is 9.53 Å². The molecular formula is C18H21NO4S. The summed E-state index contributed by atoms with van der Waals surface area (Å²) in [5.74, 6) is -0.438. The third-order valence-electron chi connectivity index (χ3n) is 3.10. The minimum atomic E-state index is -1.09. The summed E-state index contributed by atoms with van der Waals surface area (Å²) < 4.78 is 10.8.